The molecule has 0 aromatic heterocycles. The van der Waals surface area contributed by atoms with Crippen molar-refractivity contribution in [1.82, 2.24) is 9.80 Å². The van der Waals surface area contributed by atoms with Crippen molar-refractivity contribution in [2.45, 2.75) is 25.8 Å². The molecule has 3 rings (SSSR count). The second-order valence-corrected chi connectivity index (χ2v) is 7.42. The Morgan fingerprint density at radius 2 is 1.81 bits per heavy atom. The van der Waals surface area contributed by atoms with Gasteiger partial charge < -0.3 is 25.8 Å². The van der Waals surface area contributed by atoms with E-state index in [0.29, 0.717) is 6.54 Å². The van der Waals surface area contributed by atoms with Gasteiger partial charge in [0.25, 0.3) is 0 Å². The third-order valence-electron chi connectivity index (χ3n) is 5.53. The van der Waals surface area contributed by atoms with Gasteiger partial charge in [-0.05, 0) is 38.9 Å². The first-order valence-electron chi connectivity index (χ1n) is 9.35. The van der Waals surface area contributed by atoms with Gasteiger partial charge in [0, 0.05) is 38.8 Å². The zero-order valence-electron chi connectivity index (χ0n) is 15.6. The number of likely N-dealkylation sites (tertiary alicyclic amines) is 1. The minimum absolute atomic E-state index is 0.0985. The number of carbonyl (C=O) groups is 2. The number of carbonyl (C=O) groups excluding carboxylic acids is 2. The Morgan fingerprint density at radius 3 is 2.50 bits per heavy atom. The van der Waals surface area contributed by atoms with Gasteiger partial charge in [-0.1, -0.05) is 12.1 Å². The Balaban J connectivity index is 1.72. The number of amides is 3. The van der Waals surface area contributed by atoms with E-state index in [1.54, 1.807) is 4.90 Å². The molecule has 3 amide bonds. The van der Waals surface area contributed by atoms with Crippen LogP contribution in [-0.2, 0) is 4.79 Å². The van der Waals surface area contributed by atoms with Gasteiger partial charge in [-0.15, -0.1) is 0 Å². The van der Waals surface area contributed by atoms with E-state index in [9.17, 15) is 9.59 Å². The van der Waals surface area contributed by atoms with E-state index in [0.717, 1.165) is 50.4 Å². The molecule has 0 aliphatic carbocycles. The highest BCUT2D eigenvalue weighted by Crippen LogP contribution is 2.28. The summed E-state index contributed by atoms with van der Waals surface area (Å²) in [5.41, 5.74) is 7.31. The van der Waals surface area contributed by atoms with Crippen molar-refractivity contribution >= 4 is 23.3 Å². The number of primary amides is 1. The standard InChI is InChI=1S/C19H29N5O2/c1-14-7-8-15(18(20)25)13-24(14)19(26)21-16-5-3-4-6-17(16)23-11-9-22(2)10-12-23/h3-6,14-15H,7-13H2,1-2H3,(H2,20,25)(H,21,26). The zero-order chi connectivity index (χ0) is 18.7. The second-order valence-electron chi connectivity index (χ2n) is 7.42. The largest absolute Gasteiger partial charge is 0.369 e. The molecule has 2 aliphatic heterocycles. The lowest BCUT2D eigenvalue weighted by Crippen LogP contribution is -2.50. The van der Waals surface area contributed by atoms with Crippen molar-refractivity contribution in [3.05, 3.63) is 24.3 Å². The fourth-order valence-electron chi connectivity index (χ4n) is 3.71. The van der Waals surface area contributed by atoms with E-state index >= 15 is 0 Å². The number of nitrogens with zero attached hydrogens (tertiary/aromatic N) is 3. The van der Waals surface area contributed by atoms with Crippen molar-refractivity contribution in [2.75, 3.05) is 50.0 Å². The maximum absolute atomic E-state index is 12.9. The molecule has 2 unspecified atom stereocenters. The van der Waals surface area contributed by atoms with Gasteiger partial charge in [0.05, 0.1) is 17.3 Å². The van der Waals surface area contributed by atoms with Gasteiger partial charge in [0.15, 0.2) is 0 Å². The number of urea groups is 1. The van der Waals surface area contributed by atoms with Crippen molar-refractivity contribution in [1.29, 1.82) is 0 Å². The number of hydrogen-bond donors (Lipinski definition) is 2. The number of piperidine rings is 1. The topological polar surface area (TPSA) is 81.9 Å². The number of benzene rings is 1. The number of rotatable bonds is 3. The van der Waals surface area contributed by atoms with Crippen LogP contribution in [0.3, 0.4) is 0 Å². The predicted molar refractivity (Wildman–Crippen MR) is 103 cm³/mol. The van der Waals surface area contributed by atoms with Gasteiger partial charge in [-0.25, -0.2) is 4.79 Å². The number of likely N-dealkylation sites (N-methyl/N-ethyl adjacent to an activating group) is 1. The van der Waals surface area contributed by atoms with Gasteiger partial charge in [0.2, 0.25) is 5.91 Å². The molecule has 3 N–H and O–H groups in total. The van der Waals surface area contributed by atoms with Crippen LogP contribution < -0.4 is 16.0 Å². The lowest BCUT2D eigenvalue weighted by Gasteiger charge is -2.38. The highest BCUT2D eigenvalue weighted by atomic mass is 16.2. The molecular formula is C19H29N5O2. The van der Waals surface area contributed by atoms with Crippen LogP contribution in [0.4, 0.5) is 16.2 Å². The lowest BCUT2D eigenvalue weighted by atomic mass is 9.93. The minimum Gasteiger partial charge on any atom is -0.369 e. The average molecular weight is 359 g/mol. The number of hydrogen-bond acceptors (Lipinski definition) is 4. The molecule has 2 heterocycles. The van der Waals surface area contributed by atoms with E-state index in [1.807, 2.05) is 31.2 Å². The van der Waals surface area contributed by atoms with Crippen LogP contribution in [0.15, 0.2) is 24.3 Å². The van der Waals surface area contributed by atoms with Crippen molar-refractivity contribution < 1.29 is 9.59 Å². The van der Waals surface area contributed by atoms with Crippen LogP contribution >= 0.6 is 0 Å². The summed E-state index contributed by atoms with van der Waals surface area (Å²) in [6.07, 6.45) is 1.54. The Hall–Kier alpha value is -2.28. The summed E-state index contributed by atoms with van der Waals surface area (Å²) >= 11 is 0. The molecule has 0 saturated carbocycles. The highest BCUT2D eigenvalue weighted by Gasteiger charge is 2.32. The molecule has 2 atom stereocenters. The van der Waals surface area contributed by atoms with Gasteiger partial charge in [-0.2, -0.15) is 0 Å². The van der Waals surface area contributed by atoms with Crippen molar-refractivity contribution in [2.24, 2.45) is 11.7 Å². The molecule has 2 aliphatic rings. The van der Waals surface area contributed by atoms with Crippen molar-refractivity contribution in [3.8, 4) is 0 Å². The molecule has 1 aromatic carbocycles. The number of nitrogens with one attached hydrogen (secondary N) is 1. The van der Waals surface area contributed by atoms with Crippen LogP contribution in [0.2, 0.25) is 0 Å². The normalized spacial score (nSPS) is 24.4. The first-order chi connectivity index (χ1) is 12.5. The molecule has 26 heavy (non-hydrogen) atoms. The van der Waals surface area contributed by atoms with Crippen LogP contribution in [0, 0.1) is 5.92 Å². The molecule has 7 nitrogen and oxygen atoms in total. The number of nitrogens with two attached hydrogens (primary N) is 1. The third kappa shape index (κ3) is 4.09. The number of piperazine rings is 1. The molecule has 0 radical (unpaired) electrons. The molecule has 0 bridgehead atoms. The van der Waals surface area contributed by atoms with Gasteiger partial charge >= 0.3 is 6.03 Å². The molecular weight excluding hydrogens is 330 g/mol. The molecule has 0 spiro atoms. The zero-order valence-corrected chi connectivity index (χ0v) is 15.6. The second kappa shape index (κ2) is 7.95. The van der Waals surface area contributed by atoms with E-state index in [1.165, 1.54) is 0 Å². The molecule has 1 aromatic rings. The van der Waals surface area contributed by atoms with E-state index in [-0.39, 0.29) is 23.9 Å². The SMILES string of the molecule is CC1CCC(C(N)=O)CN1C(=O)Nc1ccccc1N1CCN(C)CC1. The average Bonchev–Trinajstić information content (AvgIpc) is 2.63. The maximum atomic E-state index is 12.9. The summed E-state index contributed by atoms with van der Waals surface area (Å²) in [4.78, 5) is 30.7. The first-order valence-corrected chi connectivity index (χ1v) is 9.35. The number of anilines is 2. The van der Waals surface area contributed by atoms with E-state index < -0.39 is 0 Å². The predicted octanol–water partition coefficient (Wildman–Crippen LogP) is 1.56. The summed E-state index contributed by atoms with van der Waals surface area (Å²) in [6.45, 7) is 6.29. The molecule has 142 valence electrons. The van der Waals surface area contributed by atoms with Gasteiger partial charge in [0.1, 0.15) is 0 Å². The molecule has 2 saturated heterocycles. The van der Waals surface area contributed by atoms with E-state index in [2.05, 4.69) is 22.2 Å². The van der Waals surface area contributed by atoms with Crippen LogP contribution in [0.5, 0.6) is 0 Å². The van der Waals surface area contributed by atoms with Crippen LogP contribution in [0.1, 0.15) is 19.8 Å². The van der Waals surface area contributed by atoms with Crippen molar-refractivity contribution in [3.63, 3.8) is 0 Å². The monoisotopic (exact) mass is 359 g/mol. The Kier molecular flexibility index (Phi) is 5.66. The quantitative estimate of drug-likeness (QED) is 0.858. The summed E-state index contributed by atoms with van der Waals surface area (Å²) in [5, 5.41) is 3.06. The fraction of sp³-hybridized carbons (Fsp3) is 0.579. The molecule has 7 heteroatoms. The van der Waals surface area contributed by atoms with Crippen LogP contribution in [-0.4, -0.2) is 67.6 Å². The summed E-state index contributed by atoms with van der Waals surface area (Å²) in [6, 6.07) is 7.85. The van der Waals surface area contributed by atoms with Gasteiger partial charge in [-0.3, -0.25) is 4.79 Å². The minimum atomic E-state index is -0.326. The first kappa shape index (κ1) is 18.5. The van der Waals surface area contributed by atoms with Crippen LogP contribution in [0.25, 0.3) is 0 Å². The summed E-state index contributed by atoms with van der Waals surface area (Å²) in [5.74, 6) is -0.586. The Labute approximate surface area is 155 Å². The smallest absolute Gasteiger partial charge is 0.322 e. The third-order valence-corrected chi connectivity index (χ3v) is 5.53. The lowest BCUT2D eigenvalue weighted by molar-refractivity contribution is -0.123. The fourth-order valence-corrected chi connectivity index (χ4v) is 3.71. The molecule has 2 fully saturated rings. The van der Waals surface area contributed by atoms with E-state index in [4.69, 9.17) is 5.73 Å². The Morgan fingerprint density at radius 1 is 1.12 bits per heavy atom. The summed E-state index contributed by atoms with van der Waals surface area (Å²) in [7, 11) is 2.12. The highest BCUT2D eigenvalue weighted by molar-refractivity contribution is 5.94. The maximum Gasteiger partial charge on any atom is 0.322 e. The Bertz CT molecular complexity index is 657. The summed E-state index contributed by atoms with van der Waals surface area (Å²) < 4.78 is 0. The number of para-hydroxylation sites is 2.